The van der Waals surface area contributed by atoms with E-state index in [1.54, 1.807) is 0 Å². The Hall–Kier alpha value is -2.13. The van der Waals surface area contributed by atoms with Gasteiger partial charge in [-0.15, -0.1) is 0 Å². The second kappa shape index (κ2) is 6.35. The predicted octanol–water partition coefficient (Wildman–Crippen LogP) is 2.55. The minimum atomic E-state index is -0.336. The summed E-state index contributed by atoms with van der Waals surface area (Å²) in [5, 5.41) is 3.00. The van der Waals surface area contributed by atoms with E-state index in [0.29, 0.717) is 6.54 Å². The molecule has 2 aromatic carbocycles. The summed E-state index contributed by atoms with van der Waals surface area (Å²) in [6, 6.07) is 14.8. The van der Waals surface area contributed by atoms with Crippen molar-refractivity contribution >= 4 is 5.91 Å². The van der Waals surface area contributed by atoms with Gasteiger partial charge in [-0.3, -0.25) is 4.79 Å². The molecule has 0 aliphatic rings. The largest absolute Gasteiger partial charge is 0.369 e. The van der Waals surface area contributed by atoms with Crippen LogP contribution in [0.4, 0.5) is 0 Å². The van der Waals surface area contributed by atoms with Gasteiger partial charge in [0.25, 0.3) is 0 Å². The number of rotatable bonds is 5. The maximum atomic E-state index is 10.7. The van der Waals surface area contributed by atoms with Gasteiger partial charge >= 0.3 is 0 Å². The van der Waals surface area contributed by atoms with E-state index in [1.807, 2.05) is 0 Å². The molecular weight excluding hydrogens is 248 g/mol. The highest BCUT2D eigenvalue weighted by Gasteiger charge is 2.02. The van der Waals surface area contributed by atoms with Crippen molar-refractivity contribution in [3.63, 3.8) is 0 Å². The zero-order valence-corrected chi connectivity index (χ0v) is 11.9. The monoisotopic (exact) mass is 268 g/mol. The van der Waals surface area contributed by atoms with Gasteiger partial charge < -0.3 is 11.1 Å². The summed E-state index contributed by atoms with van der Waals surface area (Å²) >= 11 is 0. The normalized spacial score (nSPS) is 10.5. The van der Waals surface area contributed by atoms with Crippen LogP contribution in [0.25, 0.3) is 11.1 Å². The van der Waals surface area contributed by atoms with Crippen molar-refractivity contribution in [1.82, 2.24) is 5.32 Å². The highest BCUT2D eigenvalue weighted by molar-refractivity contribution is 5.75. The van der Waals surface area contributed by atoms with Crippen molar-refractivity contribution in [3.8, 4) is 11.1 Å². The molecule has 0 fully saturated rings. The fourth-order valence-corrected chi connectivity index (χ4v) is 2.27. The van der Waals surface area contributed by atoms with Gasteiger partial charge in [-0.2, -0.15) is 0 Å². The average molecular weight is 268 g/mol. The Bertz CT molecular complexity index is 603. The van der Waals surface area contributed by atoms with Crippen molar-refractivity contribution in [2.24, 2.45) is 5.73 Å². The van der Waals surface area contributed by atoms with Gasteiger partial charge in [-0.25, -0.2) is 0 Å². The molecule has 0 aromatic heterocycles. The smallest absolute Gasteiger partial charge is 0.231 e. The van der Waals surface area contributed by atoms with Crippen LogP contribution < -0.4 is 11.1 Å². The Labute approximate surface area is 119 Å². The number of hydrogen-bond acceptors (Lipinski definition) is 2. The van der Waals surface area contributed by atoms with Crippen LogP contribution >= 0.6 is 0 Å². The lowest BCUT2D eigenvalue weighted by molar-refractivity contribution is -0.117. The van der Waals surface area contributed by atoms with Crippen LogP contribution in [0.15, 0.2) is 42.5 Å². The Morgan fingerprint density at radius 1 is 1.10 bits per heavy atom. The number of primary amides is 1. The lowest BCUT2D eigenvalue weighted by Gasteiger charge is -2.09. The predicted molar refractivity (Wildman–Crippen MR) is 82.3 cm³/mol. The van der Waals surface area contributed by atoms with Crippen molar-refractivity contribution in [3.05, 3.63) is 59.2 Å². The lowest BCUT2D eigenvalue weighted by Crippen LogP contribution is -2.28. The number of nitrogens with two attached hydrogens (primary N) is 1. The molecule has 0 atom stereocenters. The fourth-order valence-electron chi connectivity index (χ4n) is 2.27. The van der Waals surface area contributed by atoms with Crippen molar-refractivity contribution < 1.29 is 4.79 Å². The van der Waals surface area contributed by atoms with Crippen LogP contribution in [-0.2, 0) is 11.3 Å². The van der Waals surface area contributed by atoms with E-state index in [2.05, 4.69) is 61.6 Å². The Kier molecular flexibility index (Phi) is 4.53. The maximum absolute atomic E-state index is 10.7. The average Bonchev–Trinajstić information content (AvgIpc) is 2.39. The molecule has 104 valence electrons. The molecule has 2 aromatic rings. The van der Waals surface area contributed by atoms with E-state index < -0.39 is 0 Å². The summed E-state index contributed by atoms with van der Waals surface area (Å²) in [7, 11) is 0. The molecular formula is C17H20N2O. The van der Waals surface area contributed by atoms with Gasteiger partial charge in [0.2, 0.25) is 5.91 Å². The summed E-state index contributed by atoms with van der Waals surface area (Å²) in [4.78, 5) is 10.7. The minimum Gasteiger partial charge on any atom is -0.369 e. The van der Waals surface area contributed by atoms with Crippen molar-refractivity contribution in [1.29, 1.82) is 0 Å². The number of carbonyl (C=O) groups is 1. The molecule has 3 nitrogen and oxygen atoms in total. The molecule has 0 aliphatic heterocycles. The van der Waals surface area contributed by atoms with E-state index in [9.17, 15) is 4.79 Å². The maximum Gasteiger partial charge on any atom is 0.231 e. The topological polar surface area (TPSA) is 55.1 Å². The van der Waals surface area contributed by atoms with Gasteiger partial charge in [0.1, 0.15) is 0 Å². The fraction of sp³-hybridized carbons (Fsp3) is 0.235. The summed E-state index contributed by atoms with van der Waals surface area (Å²) in [6.45, 7) is 5.09. The Morgan fingerprint density at radius 3 is 2.40 bits per heavy atom. The molecule has 0 saturated heterocycles. The molecule has 0 aliphatic carbocycles. The Morgan fingerprint density at radius 2 is 1.80 bits per heavy atom. The third-order valence-corrected chi connectivity index (χ3v) is 3.28. The molecule has 1 amide bonds. The Balaban J connectivity index is 2.09. The molecule has 3 N–H and O–H groups in total. The molecule has 20 heavy (non-hydrogen) atoms. The summed E-state index contributed by atoms with van der Waals surface area (Å²) in [5.41, 5.74) is 11.2. The molecule has 0 bridgehead atoms. The first kappa shape index (κ1) is 14.3. The molecule has 0 spiro atoms. The molecule has 0 unspecified atom stereocenters. The van der Waals surface area contributed by atoms with Gasteiger partial charge in [-0.1, -0.05) is 48.0 Å². The number of benzene rings is 2. The second-order valence-corrected chi connectivity index (χ2v) is 5.09. The van der Waals surface area contributed by atoms with Gasteiger partial charge in [0, 0.05) is 6.54 Å². The van der Waals surface area contributed by atoms with Crippen LogP contribution in [0.2, 0.25) is 0 Å². The first-order valence-corrected chi connectivity index (χ1v) is 6.72. The third-order valence-electron chi connectivity index (χ3n) is 3.28. The third kappa shape index (κ3) is 3.68. The molecule has 2 rings (SSSR count). The van der Waals surface area contributed by atoms with Crippen LogP contribution in [0, 0.1) is 13.8 Å². The quantitative estimate of drug-likeness (QED) is 0.875. The summed E-state index contributed by atoms with van der Waals surface area (Å²) in [5.74, 6) is -0.336. The van der Waals surface area contributed by atoms with Crippen LogP contribution in [-0.4, -0.2) is 12.5 Å². The highest BCUT2D eigenvalue weighted by atomic mass is 16.1. The second-order valence-electron chi connectivity index (χ2n) is 5.09. The van der Waals surface area contributed by atoms with Crippen molar-refractivity contribution in [2.45, 2.75) is 20.4 Å². The van der Waals surface area contributed by atoms with Crippen LogP contribution in [0.3, 0.4) is 0 Å². The first-order chi connectivity index (χ1) is 9.56. The zero-order valence-electron chi connectivity index (χ0n) is 11.9. The SMILES string of the molecule is Cc1ccc(-c2ccc(CNCC(N)=O)cc2)c(C)c1. The van der Waals surface area contributed by atoms with Crippen LogP contribution in [0.5, 0.6) is 0 Å². The zero-order chi connectivity index (χ0) is 14.5. The summed E-state index contributed by atoms with van der Waals surface area (Å²) < 4.78 is 0. The minimum absolute atomic E-state index is 0.207. The highest BCUT2D eigenvalue weighted by Crippen LogP contribution is 2.24. The first-order valence-electron chi connectivity index (χ1n) is 6.72. The van der Waals surface area contributed by atoms with Gasteiger partial charge in [-0.05, 0) is 36.1 Å². The number of aryl methyl sites for hydroxylation is 2. The molecule has 3 heteroatoms. The number of carbonyl (C=O) groups excluding carboxylic acids is 1. The van der Waals surface area contributed by atoms with E-state index in [4.69, 9.17) is 5.73 Å². The number of nitrogens with one attached hydrogen (secondary N) is 1. The van der Waals surface area contributed by atoms with E-state index in [1.165, 1.54) is 22.3 Å². The standard InChI is InChI=1S/C17H20N2O/c1-12-3-8-16(13(2)9-12)15-6-4-14(5-7-15)10-19-11-17(18)20/h3-9,19H,10-11H2,1-2H3,(H2,18,20). The van der Waals surface area contributed by atoms with Crippen molar-refractivity contribution in [2.75, 3.05) is 6.54 Å². The van der Waals surface area contributed by atoms with E-state index in [0.717, 1.165) is 5.56 Å². The molecule has 0 saturated carbocycles. The van der Waals surface area contributed by atoms with Gasteiger partial charge in [0.05, 0.1) is 6.54 Å². The lowest BCUT2D eigenvalue weighted by atomic mass is 9.98. The van der Waals surface area contributed by atoms with Crippen LogP contribution in [0.1, 0.15) is 16.7 Å². The summed E-state index contributed by atoms with van der Waals surface area (Å²) in [6.07, 6.45) is 0. The van der Waals surface area contributed by atoms with E-state index in [-0.39, 0.29) is 12.5 Å². The van der Waals surface area contributed by atoms with Gasteiger partial charge in [0.15, 0.2) is 0 Å². The number of hydrogen-bond donors (Lipinski definition) is 2. The molecule has 0 radical (unpaired) electrons. The molecule has 0 heterocycles. The van der Waals surface area contributed by atoms with E-state index >= 15 is 0 Å². The number of amides is 1.